The van der Waals surface area contributed by atoms with Crippen LogP contribution in [0.15, 0.2) is 23.8 Å². The van der Waals surface area contributed by atoms with Crippen LogP contribution in [-0.2, 0) is 14.3 Å². The fourth-order valence-electron chi connectivity index (χ4n) is 3.79. The average molecular weight is 439 g/mol. The number of ether oxygens (including phenoxy) is 1. The number of carboxylic acids is 1. The lowest BCUT2D eigenvalue weighted by molar-refractivity contribution is -0.147. The third-order valence-corrected chi connectivity index (χ3v) is 6.28. The molecule has 0 spiro atoms. The van der Waals surface area contributed by atoms with Crippen LogP contribution in [0.1, 0.15) is 107 Å². The summed E-state index contributed by atoms with van der Waals surface area (Å²) in [5.41, 5.74) is 1.09. The third-order valence-electron chi connectivity index (χ3n) is 6.28. The highest BCUT2D eigenvalue weighted by atomic mass is 16.5. The second-order valence-electron chi connectivity index (χ2n) is 8.75. The van der Waals surface area contributed by atoms with E-state index in [9.17, 15) is 9.59 Å². The predicted molar refractivity (Wildman–Crippen MR) is 132 cm³/mol. The molecule has 1 saturated heterocycles. The number of carbonyl (C=O) groups is 2. The summed E-state index contributed by atoms with van der Waals surface area (Å²) in [6, 6.07) is 0. The monoisotopic (exact) mass is 438 g/mol. The summed E-state index contributed by atoms with van der Waals surface area (Å²) < 4.78 is 4.64. The second kappa shape index (κ2) is 17.0. The molecule has 3 unspecified atom stereocenters. The Hall–Kier alpha value is -1.58. The molecule has 0 amide bonds. The Balaban J connectivity index is 0. The first-order chi connectivity index (χ1) is 14.2. The first-order valence-electron chi connectivity index (χ1n) is 12.0. The highest BCUT2D eigenvalue weighted by Gasteiger charge is 2.30. The minimum atomic E-state index is -0.722. The zero-order valence-electron chi connectivity index (χ0n) is 20.5. The van der Waals surface area contributed by atoms with Crippen LogP contribution in [0.5, 0.6) is 0 Å². The van der Waals surface area contributed by atoms with E-state index in [4.69, 9.17) is 5.11 Å². The fourth-order valence-corrected chi connectivity index (χ4v) is 3.79. The van der Waals surface area contributed by atoms with E-state index >= 15 is 0 Å². The minimum absolute atomic E-state index is 0. The van der Waals surface area contributed by atoms with Crippen molar-refractivity contribution >= 4 is 11.9 Å². The van der Waals surface area contributed by atoms with Gasteiger partial charge in [0.15, 0.2) is 0 Å². The number of carboxylic acid groups (broad SMARTS) is 1. The SMILES string of the molecule is C.CC.CCC(C)(C)C(=O)O.CCC1C(C)C=CC2=CCCCC21.O=C1CCCCO1. The Labute approximate surface area is 192 Å². The maximum Gasteiger partial charge on any atom is 0.309 e. The van der Waals surface area contributed by atoms with E-state index < -0.39 is 11.4 Å². The van der Waals surface area contributed by atoms with Crippen LogP contribution in [-0.4, -0.2) is 23.7 Å². The summed E-state index contributed by atoms with van der Waals surface area (Å²) in [7, 11) is 0. The molecule has 182 valence electrons. The topological polar surface area (TPSA) is 63.6 Å². The van der Waals surface area contributed by atoms with Crippen molar-refractivity contribution < 1.29 is 19.4 Å². The predicted octanol–water partition coefficient (Wildman–Crippen LogP) is 7.83. The number of carbonyl (C=O) groups excluding carboxylic acids is 1. The van der Waals surface area contributed by atoms with Gasteiger partial charge >= 0.3 is 11.9 Å². The van der Waals surface area contributed by atoms with Crippen LogP contribution < -0.4 is 0 Å². The number of aliphatic carboxylic acids is 1. The normalized spacial score (nSPS) is 24.0. The van der Waals surface area contributed by atoms with Gasteiger partial charge in [0.25, 0.3) is 0 Å². The zero-order chi connectivity index (χ0) is 23.2. The number of esters is 1. The molecule has 3 aliphatic rings. The lowest BCUT2D eigenvalue weighted by atomic mass is 9.69. The smallest absolute Gasteiger partial charge is 0.309 e. The molecule has 1 N–H and O–H groups in total. The first kappa shape index (κ1) is 31.6. The van der Waals surface area contributed by atoms with Crippen molar-refractivity contribution in [3.63, 3.8) is 0 Å². The van der Waals surface area contributed by atoms with Gasteiger partial charge in [-0.25, -0.2) is 0 Å². The molecule has 1 aliphatic heterocycles. The van der Waals surface area contributed by atoms with Crippen molar-refractivity contribution in [2.45, 2.75) is 107 Å². The van der Waals surface area contributed by atoms with Gasteiger partial charge in [-0.05, 0) is 75.7 Å². The van der Waals surface area contributed by atoms with Gasteiger partial charge in [-0.1, -0.05) is 66.7 Å². The van der Waals surface area contributed by atoms with Gasteiger partial charge in [0, 0.05) is 6.42 Å². The summed E-state index contributed by atoms with van der Waals surface area (Å²) in [5.74, 6) is 1.84. The van der Waals surface area contributed by atoms with E-state index in [2.05, 4.69) is 36.8 Å². The van der Waals surface area contributed by atoms with E-state index in [1.807, 2.05) is 20.8 Å². The number of fused-ring (bicyclic) bond motifs is 1. The molecule has 3 rings (SSSR count). The molecule has 0 aromatic carbocycles. The number of cyclic esters (lactones) is 1. The van der Waals surface area contributed by atoms with Gasteiger partial charge in [0.1, 0.15) is 0 Å². The van der Waals surface area contributed by atoms with Crippen molar-refractivity contribution in [2.24, 2.45) is 23.2 Å². The van der Waals surface area contributed by atoms with Crippen LogP contribution in [0.4, 0.5) is 0 Å². The zero-order valence-corrected chi connectivity index (χ0v) is 20.5. The average Bonchev–Trinajstić information content (AvgIpc) is 2.76. The lowest BCUT2D eigenvalue weighted by Gasteiger charge is -2.36. The Bertz CT molecular complexity index is 552. The number of allylic oxidation sites excluding steroid dienone is 4. The Morgan fingerprint density at radius 2 is 1.84 bits per heavy atom. The van der Waals surface area contributed by atoms with E-state index in [-0.39, 0.29) is 13.4 Å². The fraction of sp³-hybridized carbons (Fsp3) is 0.778. The molecule has 2 aliphatic carbocycles. The van der Waals surface area contributed by atoms with E-state index in [0.29, 0.717) is 19.4 Å². The first-order valence-corrected chi connectivity index (χ1v) is 12.0. The molecule has 4 heteroatoms. The van der Waals surface area contributed by atoms with Gasteiger partial charge in [-0.3, -0.25) is 9.59 Å². The van der Waals surface area contributed by atoms with Crippen molar-refractivity contribution in [1.82, 2.24) is 0 Å². The van der Waals surface area contributed by atoms with Gasteiger partial charge in [-0.15, -0.1) is 0 Å². The molecule has 31 heavy (non-hydrogen) atoms. The molecule has 0 aromatic rings. The number of hydrogen-bond acceptors (Lipinski definition) is 3. The molecule has 0 aromatic heterocycles. The van der Waals surface area contributed by atoms with Crippen molar-refractivity contribution in [1.29, 1.82) is 0 Å². The highest BCUT2D eigenvalue weighted by molar-refractivity contribution is 5.73. The molecule has 0 saturated carbocycles. The van der Waals surface area contributed by atoms with E-state index in [1.165, 1.54) is 25.7 Å². The molecule has 4 nitrogen and oxygen atoms in total. The molecule has 0 radical (unpaired) electrons. The van der Waals surface area contributed by atoms with Crippen LogP contribution in [0.2, 0.25) is 0 Å². The Morgan fingerprint density at radius 3 is 2.23 bits per heavy atom. The largest absolute Gasteiger partial charge is 0.481 e. The standard InChI is InChI=1S/C13H20.C6H12O2.C5H8O2.C2H6.CH4/c1-3-12-10(2)8-9-11-6-4-5-7-13(11)12;1-4-6(2,3)5(7)8;6-5-3-1-2-4-7-5;1-2;/h6,8-10,12-13H,3-5,7H2,1-2H3;4H2,1-3H3,(H,7,8);1-4H2;1-2H3;1H4. The summed E-state index contributed by atoms with van der Waals surface area (Å²) in [6.45, 7) is 14.7. The molecular formula is C27H50O4. The van der Waals surface area contributed by atoms with Crippen LogP contribution in [0.25, 0.3) is 0 Å². The van der Waals surface area contributed by atoms with Gasteiger partial charge < -0.3 is 9.84 Å². The van der Waals surface area contributed by atoms with Crippen LogP contribution >= 0.6 is 0 Å². The number of rotatable bonds is 3. The Morgan fingerprint density at radius 1 is 1.19 bits per heavy atom. The summed E-state index contributed by atoms with van der Waals surface area (Å²) in [4.78, 5) is 20.5. The van der Waals surface area contributed by atoms with E-state index in [0.717, 1.165) is 30.6 Å². The summed E-state index contributed by atoms with van der Waals surface area (Å²) in [6.07, 6.45) is 16.1. The Kier molecular flexibility index (Phi) is 17.4. The quantitative estimate of drug-likeness (QED) is 0.456. The van der Waals surface area contributed by atoms with Gasteiger partial charge in [0.2, 0.25) is 0 Å². The molecule has 0 bridgehead atoms. The minimum Gasteiger partial charge on any atom is -0.481 e. The lowest BCUT2D eigenvalue weighted by Crippen LogP contribution is -2.26. The highest BCUT2D eigenvalue weighted by Crippen LogP contribution is 2.41. The summed E-state index contributed by atoms with van der Waals surface area (Å²) >= 11 is 0. The molecule has 1 heterocycles. The maximum atomic E-state index is 10.3. The third kappa shape index (κ3) is 11.6. The van der Waals surface area contributed by atoms with Gasteiger partial charge in [0.05, 0.1) is 12.0 Å². The molecule has 3 atom stereocenters. The van der Waals surface area contributed by atoms with Crippen molar-refractivity contribution in [3.8, 4) is 0 Å². The van der Waals surface area contributed by atoms with Crippen LogP contribution in [0.3, 0.4) is 0 Å². The molecular weight excluding hydrogens is 388 g/mol. The number of hydrogen-bond donors (Lipinski definition) is 1. The van der Waals surface area contributed by atoms with Gasteiger partial charge in [-0.2, -0.15) is 0 Å². The maximum absolute atomic E-state index is 10.3. The van der Waals surface area contributed by atoms with Crippen molar-refractivity contribution in [3.05, 3.63) is 23.8 Å². The molecule has 1 fully saturated rings. The second-order valence-corrected chi connectivity index (χ2v) is 8.75. The summed E-state index contributed by atoms with van der Waals surface area (Å²) in [5, 5.41) is 8.44. The van der Waals surface area contributed by atoms with Crippen LogP contribution in [0, 0.1) is 23.2 Å². The van der Waals surface area contributed by atoms with Crippen molar-refractivity contribution in [2.75, 3.05) is 6.61 Å². The van der Waals surface area contributed by atoms with E-state index in [1.54, 1.807) is 19.4 Å².